The number of aromatic nitrogens is 5. The minimum absolute atomic E-state index is 0.0774. The zero-order chi connectivity index (χ0) is 16.7. The lowest BCUT2D eigenvalue weighted by atomic mass is 10.3. The maximum Gasteiger partial charge on any atom is 0.339 e. The molecule has 0 aliphatic carbocycles. The van der Waals surface area contributed by atoms with E-state index in [1.165, 1.54) is 6.20 Å². The minimum Gasteiger partial charge on any atom is -0.478 e. The number of hydrogen-bond acceptors (Lipinski definition) is 4. The van der Waals surface area contributed by atoms with Crippen molar-refractivity contribution in [2.75, 3.05) is 0 Å². The third kappa shape index (κ3) is 2.40. The van der Waals surface area contributed by atoms with E-state index < -0.39 is 5.97 Å². The lowest BCUT2D eigenvalue weighted by molar-refractivity contribution is 0.0699. The second-order valence-electron chi connectivity index (χ2n) is 5.11. The van der Waals surface area contributed by atoms with Gasteiger partial charge in [-0.2, -0.15) is 0 Å². The third-order valence-electron chi connectivity index (χ3n) is 3.56. The van der Waals surface area contributed by atoms with Crippen molar-refractivity contribution in [1.29, 1.82) is 0 Å². The van der Waals surface area contributed by atoms with Gasteiger partial charge < -0.3 is 14.7 Å². The number of carboxylic acids is 1. The Morgan fingerprint density at radius 3 is 2.92 bits per heavy atom. The molecule has 0 saturated carbocycles. The van der Waals surface area contributed by atoms with Crippen molar-refractivity contribution in [3.63, 3.8) is 0 Å². The topological polar surface area (TPSA) is 96.7 Å². The molecule has 0 aliphatic rings. The first-order valence-corrected chi connectivity index (χ1v) is 7.37. The molecule has 0 unspecified atom stereocenters. The highest BCUT2D eigenvalue weighted by Crippen LogP contribution is 2.22. The van der Waals surface area contributed by atoms with Crippen LogP contribution in [0.25, 0.3) is 28.2 Å². The van der Waals surface area contributed by atoms with Crippen LogP contribution in [0.1, 0.15) is 10.4 Å². The lowest BCUT2D eigenvalue weighted by Gasteiger charge is -2.01. The summed E-state index contributed by atoms with van der Waals surface area (Å²) in [5.74, 6) is -1.06. The van der Waals surface area contributed by atoms with Crippen molar-refractivity contribution in [3.05, 3.63) is 59.8 Å². The van der Waals surface area contributed by atoms with E-state index in [0.717, 1.165) is 5.69 Å². The van der Waals surface area contributed by atoms with Crippen LogP contribution in [0.5, 0.6) is 0 Å². The number of nitrogens with one attached hydrogen (secondary N) is 1. The first-order chi connectivity index (χ1) is 11.6. The molecule has 118 valence electrons. The van der Waals surface area contributed by atoms with E-state index in [9.17, 15) is 9.90 Å². The molecule has 3 aromatic heterocycles. The van der Waals surface area contributed by atoms with E-state index in [0.29, 0.717) is 27.6 Å². The number of aromatic amines is 1. The van der Waals surface area contributed by atoms with E-state index >= 15 is 0 Å². The summed E-state index contributed by atoms with van der Waals surface area (Å²) in [5, 5.41) is 9.82. The average molecular weight is 340 g/mol. The molecule has 7 nitrogen and oxygen atoms in total. The summed E-state index contributed by atoms with van der Waals surface area (Å²) >= 11 is 6.00. The molecular weight excluding hydrogens is 330 g/mol. The van der Waals surface area contributed by atoms with Gasteiger partial charge in [0.2, 0.25) is 0 Å². The number of benzene rings is 1. The SMILES string of the molecule is O=C(O)c1c[nH]c2ncc(-c3cn(-c4cccc(Cl)c4)cn3)nc12. The number of H-pyrrole nitrogens is 1. The van der Waals surface area contributed by atoms with Crippen molar-refractivity contribution in [2.24, 2.45) is 0 Å². The van der Waals surface area contributed by atoms with Gasteiger partial charge in [0.15, 0.2) is 5.65 Å². The maximum absolute atomic E-state index is 11.2. The van der Waals surface area contributed by atoms with E-state index in [4.69, 9.17) is 11.6 Å². The third-order valence-corrected chi connectivity index (χ3v) is 3.80. The molecule has 0 fully saturated rings. The highest BCUT2D eigenvalue weighted by molar-refractivity contribution is 6.30. The van der Waals surface area contributed by atoms with Crippen LogP contribution >= 0.6 is 11.6 Å². The Morgan fingerprint density at radius 1 is 1.25 bits per heavy atom. The van der Waals surface area contributed by atoms with Crippen molar-refractivity contribution >= 4 is 28.7 Å². The van der Waals surface area contributed by atoms with Gasteiger partial charge in [-0.05, 0) is 18.2 Å². The zero-order valence-electron chi connectivity index (χ0n) is 12.1. The molecule has 0 aliphatic heterocycles. The normalized spacial score (nSPS) is 11.0. The predicted molar refractivity (Wildman–Crippen MR) is 88.4 cm³/mol. The number of imidazole rings is 1. The molecule has 4 aromatic rings. The summed E-state index contributed by atoms with van der Waals surface area (Å²) in [4.78, 5) is 26.9. The van der Waals surface area contributed by atoms with Gasteiger partial charge in [0.1, 0.15) is 22.5 Å². The summed E-state index contributed by atoms with van der Waals surface area (Å²) in [6, 6.07) is 7.36. The number of carbonyl (C=O) groups is 1. The molecule has 0 saturated heterocycles. The molecular formula is C16H10ClN5O2. The monoisotopic (exact) mass is 339 g/mol. The van der Waals surface area contributed by atoms with Gasteiger partial charge in [-0.25, -0.2) is 19.7 Å². The molecule has 1 aromatic carbocycles. The van der Waals surface area contributed by atoms with Crippen LogP contribution in [0.3, 0.4) is 0 Å². The standard InChI is InChI=1S/C16H10ClN5O2/c17-9-2-1-3-10(4-9)22-7-13(20-8-22)12-6-19-15-14(21-12)11(5-18-15)16(23)24/h1-8H,(H,18,19)(H,23,24). The number of aromatic carboxylic acids is 1. The summed E-state index contributed by atoms with van der Waals surface area (Å²) in [7, 11) is 0. The Hall–Kier alpha value is -3.19. The molecule has 0 bridgehead atoms. The summed E-state index contributed by atoms with van der Waals surface area (Å²) in [5.41, 5.74) is 2.74. The van der Waals surface area contributed by atoms with Gasteiger partial charge in [-0.1, -0.05) is 17.7 Å². The van der Waals surface area contributed by atoms with Gasteiger partial charge in [0, 0.05) is 23.1 Å². The zero-order valence-corrected chi connectivity index (χ0v) is 12.9. The number of carboxylic acid groups (broad SMARTS) is 1. The van der Waals surface area contributed by atoms with Gasteiger partial charge in [-0.15, -0.1) is 0 Å². The Kier molecular flexibility index (Phi) is 3.28. The van der Waals surface area contributed by atoms with Crippen LogP contribution in [0, 0.1) is 0 Å². The Balaban J connectivity index is 1.78. The molecule has 0 amide bonds. The van der Waals surface area contributed by atoms with Crippen LogP contribution in [0.2, 0.25) is 5.02 Å². The lowest BCUT2D eigenvalue weighted by Crippen LogP contribution is -1.96. The second kappa shape index (κ2) is 5.47. The number of hydrogen-bond donors (Lipinski definition) is 2. The fourth-order valence-electron chi connectivity index (χ4n) is 2.41. The fraction of sp³-hybridized carbons (Fsp3) is 0. The van der Waals surface area contributed by atoms with Crippen molar-refractivity contribution in [3.8, 4) is 17.1 Å². The highest BCUT2D eigenvalue weighted by Gasteiger charge is 2.15. The van der Waals surface area contributed by atoms with Crippen LogP contribution in [-0.2, 0) is 0 Å². The van der Waals surface area contributed by atoms with Crippen LogP contribution in [-0.4, -0.2) is 35.6 Å². The molecule has 0 radical (unpaired) electrons. The molecule has 0 atom stereocenters. The Bertz CT molecular complexity index is 1070. The summed E-state index contributed by atoms with van der Waals surface area (Å²) in [6.45, 7) is 0. The maximum atomic E-state index is 11.2. The molecule has 3 heterocycles. The fourth-order valence-corrected chi connectivity index (χ4v) is 2.60. The molecule has 4 rings (SSSR count). The van der Waals surface area contributed by atoms with Gasteiger partial charge >= 0.3 is 5.97 Å². The molecule has 2 N–H and O–H groups in total. The van der Waals surface area contributed by atoms with E-state index in [2.05, 4.69) is 19.9 Å². The van der Waals surface area contributed by atoms with E-state index in [1.54, 1.807) is 24.8 Å². The second-order valence-corrected chi connectivity index (χ2v) is 5.54. The van der Waals surface area contributed by atoms with Crippen molar-refractivity contribution in [2.45, 2.75) is 0 Å². The highest BCUT2D eigenvalue weighted by atomic mass is 35.5. The Labute approximate surface area is 140 Å². The van der Waals surface area contributed by atoms with E-state index in [1.807, 2.05) is 22.8 Å². The number of rotatable bonds is 3. The molecule has 8 heteroatoms. The molecule has 24 heavy (non-hydrogen) atoms. The first kappa shape index (κ1) is 14.4. The van der Waals surface area contributed by atoms with Gasteiger partial charge in [0.05, 0.1) is 12.5 Å². The van der Waals surface area contributed by atoms with E-state index in [-0.39, 0.29) is 5.56 Å². The van der Waals surface area contributed by atoms with Crippen LogP contribution in [0.4, 0.5) is 0 Å². The first-order valence-electron chi connectivity index (χ1n) is 6.99. The summed E-state index contributed by atoms with van der Waals surface area (Å²) in [6.07, 6.45) is 6.35. The average Bonchev–Trinajstić information content (AvgIpc) is 3.21. The number of fused-ring (bicyclic) bond motifs is 1. The predicted octanol–water partition coefficient (Wildman–Crippen LogP) is 3.16. The van der Waals surface area contributed by atoms with Crippen molar-refractivity contribution in [1.82, 2.24) is 24.5 Å². The Morgan fingerprint density at radius 2 is 2.12 bits per heavy atom. The number of halogens is 1. The minimum atomic E-state index is -1.06. The van der Waals surface area contributed by atoms with Gasteiger partial charge in [-0.3, -0.25) is 0 Å². The smallest absolute Gasteiger partial charge is 0.339 e. The van der Waals surface area contributed by atoms with Crippen molar-refractivity contribution < 1.29 is 9.90 Å². The summed E-state index contributed by atoms with van der Waals surface area (Å²) < 4.78 is 1.81. The largest absolute Gasteiger partial charge is 0.478 e. The number of nitrogens with zero attached hydrogens (tertiary/aromatic N) is 4. The van der Waals surface area contributed by atoms with Crippen LogP contribution < -0.4 is 0 Å². The van der Waals surface area contributed by atoms with Crippen LogP contribution in [0.15, 0.2) is 49.2 Å². The quantitative estimate of drug-likeness (QED) is 0.597. The van der Waals surface area contributed by atoms with Gasteiger partial charge in [0.25, 0.3) is 0 Å². The molecule has 0 spiro atoms.